The maximum Gasteiger partial charge on any atom is 0.573 e. The van der Waals surface area contributed by atoms with Gasteiger partial charge in [-0.25, -0.2) is 8.78 Å². The summed E-state index contributed by atoms with van der Waals surface area (Å²) in [5.74, 6) is -1.55. The number of nitrogens with zero attached hydrogens (tertiary/aromatic N) is 2. The molecule has 0 aliphatic heterocycles. The van der Waals surface area contributed by atoms with Gasteiger partial charge in [-0.3, -0.25) is 4.79 Å². The van der Waals surface area contributed by atoms with Crippen molar-refractivity contribution < 1.29 is 31.5 Å². The molecule has 1 N–H and O–H groups in total. The SMILES string of the molecule is O=C(Nc1cc(OC(F)(F)F)ccc1Br)c1snnc1C(F)F. The van der Waals surface area contributed by atoms with E-state index in [1.807, 2.05) is 0 Å². The van der Waals surface area contributed by atoms with Crippen LogP contribution < -0.4 is 10.1 Å². The average Bonchev–Trinajstić information content (AvgIpc) is 2.90. The molecule has 2 aromatic rings. The molecule has 124 valence electrons. The molecule has 0 saturated carbocycles. The van der Waals surface area contributed by atoms with E-state index in [4.69, 9.17) is 0 Å². The summed E-state index contributed by atoms with van der Waals surface area (Å²) in [6.45, 7) is 0. The lowest BCUT2D eigenvalue weighted by atomic mass is 10.3. The Morgan fingerprint density at radius 3 is 2.65 bits per heavy atom. The van der Waals surface area contributed by atoms with Crippen molar-refractivity contribution in [1.29, 1.82) is 0 Å². The molecular weight excluding hydrogens is 413 g/mol. The first-order chi connectivity index (χ1) is 10.7. The second-order valence-corrected chi connectivity index (χ2v) is 5.54. The van der Waals surface area contributed by atoms with Crippen LogP contribution in [0.3, 0.4) is 0 Å². The third kappa shape index (κ3) is 4.58. The molecule has 1 amide bonds. The van der Waals surface area contributed by atoms with Crippen LogP contribution in [0.5, 0.6) is 5.75 Å². The van der Waals surface area contributed by atoms with E-state index in [0.29, 0.717) is 11.5 Å². The molecule has 0 spiro atoms. The van der Waals surface area contributed by atoms with Gasteiger partial charge in [0.2, 0.25) is 0 Å². The average molecular weight is 418 g/mol. The van der Waals surface area contributed by atoms with E-state index in [9.17, 15) is 26.7 Å². The Hall–Kier alpha value is -1.82. The Bertz CT molecular complexity index is 722. The van der Waals surface area contributed by atoms with Gasteiger partial charge in [0.1, 0.15) is 10.6 Å². The van der Waals surface area contributed by atoms with Crippen molar-refractivity contribution in [3.05, 3.63) is 33.2 Å². The smallest absolute Gasteiger partial charge is 0.406 e. The number of hydrogen-bond acceptors (Lipinski definition) is 5. The highest BCUT2D eigenvalue weighted by atomic mass is 79.9. The van der Waals surface area contributed by atoms with Crippen LogP contribution in [-0.4, -0.2) is 21.9 Å². The fraction of sp³-hybridized carbons (Fsp3) is 0.182. The maximum absolute atomic E-state index is 12.7. The van der Waals surface area contributed by atoms with Gasteiger partial charge >= 0.3 is 6.36 Å². The fourth-order valence-corrected chi connectivity index (χ4v) is 2.39. The number of rotatable bonds is 4. The van der Waals surface area contributed by atoms with Gasteiger partial charge in [-0.1, -0.05) is 4.49 Å². The molecule has 2 rings (SSSR count). The summed E-state index contributed by atoms with van der Waals surface area (Å²) in [6.07, 6.45) is -7.91. The van der Waals surface area contributed by atoms with Crippen molar-refractivity contribution in [3.63, 3.8) is 0 Å². The van der Waals surface area contributed by atoms with E-state index in [1.165, 1.54) is 6.07 Å². The molecule has 1 heterocycles. The first-order valence-corrected chi connectivity index (χ1v) is 7.21. The number of benzene rings is 1. The molecule has 0 unspecified atom stereocenters. The highest BCUT2D eigenvalue weighted by molar-refractivity contribution is 9.10. The van der Waals surface area contributed by atoms with Gasteiger partial charge < -0.3 is 10.1 Å². The van der Waals surface area contributed by atoms with Gasteiger partial charge in [0.25, 0.3) is 12.3 Å². The number of anilines is 1. The minimum Gasteiger partial charge on any atom is -0.406 e. The van der Waals surface area contributed by atoms with Gasteiger partial charge in [-0.05, 0) is 39.6 Å². The van der Waals surface area contributed by atoms with E-state index < -0.39 is 35.0 Å². The largest absolute Gasteiger partial charge is 0.573 e. The summed E-state index contributed by atoms with van der Waals surface area (Å²) in [5, 5.41) is 5.34. The summed E-state index contributed by atoms with van der Waals surface area (Å²) in [5.41, 5.74) is -0.892. The number of carbonyl (C=O) groups is 1. The van der Waals surface area contributed by atoms with E-state index in [-0.39, 0.29) is 10.2 Å². The summed E-state index contributed by atoms with van der Waals surface area (Å²) in [4.78, 5) is 11.5. The van der Waals surface area contributed by atoms with Gasteiger partial charge in [0.15, 0.2) is 5.69 Å². The number of amides is 1. The number of carbonyl (C=O) groups excluding carboxylic acids is 1. The van der Waals surface area contributed by atoms with Crippen molar-refractivity contribution >= 4 is 39.1 Å². The second-order valence-electron chi connectivity index (χ2n) is 3.93. The Balaban J connectivity index is 2.23. The third-order valence-electron chi connectivity index (χ3n) is 2.35. The standard InChI is InChI=1S/C11H5BrF5N3O2S/c12-5-2-1-4(22-11(15,16)17)3-6(5)18-10(21)8-7(9(13)14)19-20-23-8/h1-3,9H,(H,18,21). The molecule has 0 aliphatic rings. The Labute approximate surface area is 137 Å². The van der Waals surface area contributed by atoms with Crippen LogP contribution in [0.15, 0.2) is 22.7 Å². The number of ether oxygens (including phenoxy) is 1. The van der Waals surface area contributed by atoms with E-state index >= 15 is 0 Å². The number of halogens is 6. The Morgan fingerprint density at radius 2 is 2.04 bits per heavy atom. The van der Waals surface area contributed by atoms with Crippen LogP contribution in [-0.2, 0) is 0 Å². The monoisotopic (exact) mass is 417 g/mol. The number of hydrogen-bond donors (Lipinski definition) is 1. The molecule has 5 nitrogen and oxygen atoms in total. The molecule has 0 fully saturated rings. The summed E-state index contributed by atoms with van der Waals surface area (Å²) in [6, 6.07) is 3.12. The minimum atomic E-state index is -4.90. The zero-order valence-corrected chi connectivity index (χ0v) is 13.1. The van der Waals surface area contributed by atoms with Crippen molar-refractivity contribution in [2.24, 2.45) is 0 Å². The van der Waals surface area contributed by atoms with Crippen LogP contribution in [0.2, 0.25) is 0 Å². The second kappa shape index (κ2) is 6.74. The molecule has 0 aliphatic carbocycles. The quantitative estimate of drug-likeness (QED) is 0.749. The summed E-state index contributed by atoms with van der Waals surface area (Å²) >= 11 is 3.47. The van der Waals surface area contributed by atoms with Crippen molar-refractivity contribution in [2.75, 3.05) is 5.32 Å². The van der Waals surface area contributed by atoms with Crippen LogP contribution >= 0.6 is 27.5 Å². The molecule has 1 aromatic carbocycles. The number of nitrogens with one attached hydrogen (secondary N) is 1. The normalized spacial score (nSPS) is 11.6. The molecule has 0 radical (unpaired) electrons. The summed E-state index contributed by atoms with van der Waals surface area (Å²) < 4.78 is 69.1. The minimum absolute atomic E-state index is 0.0923. The first-order valence-electron chi connectivity index (χ1n) is 5.64. The van der Waals surface area contributed by atoms with Gasteiger partial charge in [0, 0.05) is 10.5 Å². The number of alkyl halides is 5. The van der Waals surface area contributed by atoms with Crippen LogP contribution in [0, 0.1) is 0 Å². The maximum atomic E-state index is 12.7. The molecule has 23 heavy (non-hydrogen) atoms. The van der Waals surface area contributed by atoms with Crippen molar-refractivity contribution in [3.8, 4) is 5.75 Å². The zero-order chi connectivity index (χ0) is 17.2. The van der Waals surface area contributed by atoms with Crippen LogP contribution in [0.4, 0.5) is 27.6 Å². The zero-order valence-electron chi connectivity index (χ0n) is 10.7. The first kappa shape index (κ1) is 17.5. The molecule has 0 saturated heterocycles. The highest BCUT2D eigenvalue weighted by Gasteiger charge is 2.31. The molecule has 0 atom stereocenters. The Kier molecular flexibility index (Phi) is 5.14. The molecule has 0 bridgehead atoms. The molecule has 12 heteroatoms. The van der Waals surface area contributed by atoms with Gasteiger partial charge in [-0.15, -0.1) is 18.3 Å². The van der Waals surface area contributed by atoms with Crippen molar-refractivity contribution in [1.82, 2.24) is 9.59 Å². The van der Waals surface area contributed by atoms with E-state index in [2.05, 4.69) is 35.6 Å². The van der Waals surface area contributed by atoms with Crippen molar-refractivity contribution in [2.45, 2.75) is 12.8 Å². The molecule has 1 aromatic heterocycles. The third-order valence-corrected chi connectivity index (χ3v) is 3.78. The lowest BCUT2D eigenvalue weighted by Gasteiger charge is -2.12. The van der Waals surface area contributed by atoms with Gasteiger partial charge in [0.05, 0.1) is 5.69 Å². The van der Waals surface area contributed by atoms with Crippen LogP contribution in [0.1, 0.15) is 21.8 Å². The van der Waals surface area contributed by atoms with Gasteiger partial charge in [-0.2, -0.15) is 0 Å². The highest BCUT2D eigenvalue weighted by Crippen LogP contribution is 2.31. The predicted octanol–water partition coefficient (Wildman–Crippen LogP) is 4.39. The number of aromatic nitrogens is 2. The molecular formula is C11H5BrF5N3O2S. The Morgan fingerprint density at radius 1 is 1.35 bits per heavy atom. The lowest BCUT2D eigenvalue weighted by molar-refractivity contribution is -0.274. The topological polar surface area (TPSA) is 64.1 Å². The van der Waals surface area contributed by atoms with E-state index in [1.54, 1.807) is 0 Å². The van der Waals surface area contributed by atoms with E-state index in [0.717, 1.165) is 12.1 Å². The fourth-order valence-electron chi connectivity index (χ4n) is 1.47. The van der Waals surface area contributed by atoms with Crippen LogP contribution in [0.25, 0.3) is 0 Å². The predicted molar refractivity (Wildman–Crippen MR) is 73.6 cm³/mol. The summed E-state index contributed by atoms with van der Waals surface area (Å²) in [7, 11) is 0. The lowest BCUT2D eigenvalue weighted by Crippen LogP contribution is -2.17.